The summed E-state index contributed by atoms with van der Waals surface area (Å²) < 4.78 is 15.7. The van der Waals surface area contributed by atoms with E-state index in [0.29, 0.717) is 28.3 Å². The topological polar surface area (TPSA) is 177 Å². The van der Waals surface area contributed by atoms with Crippen LogP contribution in [0.1, 0.15) is 24.0 Å². The van der Waals surface area contributed by atoms with Gasteiger partial charge in [0, 0.05) is 36.1 Å². The number of nitrogens with two attached hydrogens (primary N) is 1. The zero-order valence-electron chi connectivity index (χ0n) is 19.2. The first-order valence-corrected chi connectivity index (χ1v) is 11.4. The molecule has 1 aliphatic heterocycles. The summed E-state index contributed by atoms with van der Waals surface area (Å²) in [7, 11) is 0. The number of carbonyl (C=O) groups excluding carboxylic acids is 2. The number of hydrogen-bond acceptors (Lipinski definition) is 10. The summed E-state index contributed by atoms with van der Waals surface area (Å²) in [5.41, 5.74) is 8.63. The lowest BCUT2D eigenvalue weighted by Crippen LogP contribution is -2.22. The second-order valence-corrected chi connectivity index (χ2v) is 8.58. The van der Waals surface area contributed by atoms with Crippen LogP contribution in [0.5, 0.6) is 0 Å². The summed E-state index contributed by atoms with van der Waals surface area (Å²) in [6, 6.07) is 4.10. The van der Waals surface area contributed by atoms with E-state index in [1.54, 1.807) is 18.5 Å². The van der Waals surface area contributed by atoms with Gasteiger partial charge in [0.15, 0.2) is 5.65 Å². The van der Waals surface area contributed by atoms with Crippen molar-refractivity contribution in [1.82, 2.24) is 40.2 Å². The standard InChI is InChI=1S/C23H20FN11O2/c24-14-1-4-16(13-8-26-20(25)27-9-13)11(5-14)7-28-21-32-18-12(6-17-19(36)33-23(37)31-17)10-29-35(18)22(34-21)30-15-2-3-15/h1,4-6,8-10,15H,2-3,7H2,(H2,25,26,27)(H2,28,30,32,34)(H2,31,33,36,37)/b17-6-. The van der Waals surface area contributed by atoms with Crippen LogP contribution in [0.4, 0.5) is 27.0 Å². The van der Waals surface area contributed by atoms with Gasteiger partial charge in [0.05, 0.1) is 6.20 Å². The Kier molecular flexibility index (Phi) is 5.32. The third-order valence-corrected chi connectivity index (χ3v) is 5.81. The molecule has 1 aromatic carbocycles. The SMILES string of the molecule is Nc1ncc(-c2ccc(F)cc2CNc2nc(NC3CC3)n3ncc(/C=C4\NC(=O)NC4=O)c3n2)cn1. The van der Waals surface area contributed by atoms with E-state index < -0.39 is 17.8 Å². The average Bonchev–Trinajstić information content (AvgIpc) is 3.51. The maximum atomic E-state index is 14.1. The number of fused-ring (bicyclic) bond motifs is 1. The minimum atomic E-state index is -0.599. The third kappa shape index (κ3) is 4.59. The van der Waals surface area contributed by atoms with Crippen molar-refractivity contribution < 1.29 is 14.0 Å². The summed E-state index contributed by atoms with van der Waals surface area (Å²) >= 11 is 0. The first-order chi connectivity index (χ1) is 17.9. The van der Waals surface area contributed by atoms with Gasteiger partial charge in [0.25, 0.3) is 5.91 Å². The first kappa shape index (κ1) is 22.3. The second-order valence-electron chi connectivity index (χ2n) is 8.58. The van der Waals surface area contributed by atoms with Crippen molar-refractivity contribution in [3.05, 3.63) is 59.4 Å². The molecule has 1 aliphatic carbocycles. The van der Waals surface area contributed by atoms with Crippen LogP contribution < -0.4 is 27.0 Å². The van der Waals surface area contributed by atoms with Crippen molar-refractivity contribution >= 4 is 41.5 Å². The Bertz CT molecular complexity index is 1580. The smallest absolute Gasteiger partial charge is 0.326 e. The molecule has 4 heterocycles. The van der Waals surface area contributed by atoms with Gasteiger partial charge < -0.3 is 21.7 Å². The first-order valence-electron chi connectivity index (χ1n) is 11.4. The van der Waals surface area contributed by atoms with E-state index in [4.69, 9.17) is 5.73 Å². The molecule has 4 aromatic rings. The van der Waals surface area contributed by atoms with Gasteiger partial charge in [-0.25, -0.2) is 19.2 Å². The van der Waals surface area contributed by atoms with Gasteiger partial charge in [0.2, 0.25) is 17.8 Å². The number of nitrogens with zero attached hydrogens (tertiary/aromatic N) is 6. The van der Waals surface area contributed by atoms with Crippen LogP contribution in [0.2, 0.25) is 0 Å². The zero-order valence-corrected chi connectivity index (χ0v) is 19.2. The molecule has 13 nitrogen and oxygen atoms in total. The highest BCUT2D eigenvalue weighted by molar-refractivity contribution is 6.14. The van der Waals surface area contributed by atoms with Crippen LogP contribution >= 0.6 is 0 Å². The van der Waals surface area contributed by atoms with Crippen molar-refractivity contribution in [3.63, 3.8) is 0 Å². The number of amides is 3. The molecule has 3 amide bonds. The van der Waals surface area contributed by atoms with Gasteiger partial charge in [-0.1, -0.05) is 6.07 Å². The van der Waals surface area contributed by atoms with E-state index in [9.17, 15) is 14.0 Å². The Labute approximate surface area is 208 Å². The molecule has 0 atom stereocenters. The Morgan fingerprint density at radius 2 is 1.95 bits per heavy atom. The van der Waals surface area contributed by atoms with Crippen molar-refractivity contribution in [2.24, 2.45) is 0 Å². The van der Waals surface area contributed by atoms with E-state index in [1.807, 2.05) is 0 Å². The minimum Gasteiger partial charge on any atom is -0.368 e. The highest BCUT2D eigenvalue weighted by Crippen LogP contribution is 2.27. The normalized spacial score (nSPS) is 16.2. The number of halogens is 1. The molecule has 2 fully saturated rings. The van der Waals surface area contributed by atoms with Crippen LogP contribution in [0.3, 0.4) is 0 Å². The highest BCUT2D eigenvalue weighted by atomic mass is 19.1. The number of carbonyl (C=O) groups is 2. The van der Waals surface area contributed by atoms with Gasteiger partial charge in [0.1, 0.15) is 11.5 Å². The van der Waals surface area contributed by atoms with E-state index in [0.717, 1.165) is 18.4 Å². The summed E-state index contributed by atoms with van der Waals surface area (Å²) in [4.78, 5) is 40.7. The Hall–Kier alpha value is -5.14. The Morgan fingerprint density at radius 3 is 2.68 bits per heavy atom. The van der Waals surface area contributed by atoms with E-state index in [2.05, 4.69) is 46.3 Å². The monoisotopic (exact) mass is 501 g/mol. The van der Waals surface area contributed by atoms with Crippen LogP contribution in [0.25, 0.3) is 22.9 Å². The zero-order chi connectivity index (χ0) is 25.5. The molecule has 0 radical (unpaired) electrons. The van der Waals surface area contributed by atoms with Crippen LogP contribution in [-0.4, -0.2) is 47.5 Å². The summed E-state index contributed by atoms with van der Waals surface area (Å²) in [5, 5.41) is 15.4. The van der Waals surface area contributed by atoms with Crippen molar-refractivity contribution in [2.75, 3.05) is 16.4 Å². The number of anilines is 3. The number of nitrogen functional groups attached to an aromatic ring is 1. The predicted octanol–water partition coefficient (Wildman–Crippen LogP) is 1.67. The van der Waals surface area contributed by atoms with Gasteiger partial charge >= 0.3 is 6.03 Å². The molecule has 2 aliphatic rings. The quantitative estimate of drug-likeness (QED) is 0.185. The molecule has 14 heteroatoms. The molecular formula is C23H20FN11O2. The average molecular weight is 501 g/mol. The molecule has 3 aromatic heterocycles. The fraction of sp³-hybridized carbons (Fsp3) is 0.174. The number of aromatic nitrogens is 6. The lowest BCUT2D eigenvalue weighted by atomic mass is 10.0. The van der Waals surface area contributed by atoms with Crippen LogP contribution in [0, 0.1) is 5.82 Å². The number of rotatable bonds is 7. The number of benzene rings is 1. The highest BCUT2D eigenvalue weighted by Gasteiger charge is 2.26. The molecule has 1 saturated carbocycles. The number of hydrogen-bond donors (Lipinski definition) is 5. The molecule has 0 unspecified atom stereocenters. The number of imide groups is 1. The van der Waals surface area contributed by atoms with Gasteiger partial charge in [-0.3, -0.25) is 10.1 Å². The molecule has 6 N–H and O–H groups in total. The fourth-order valence-corrected chi connectivity index (χ4v) is 3.86. The Balaban J connectivity index is 1.35. The van der Waals surface area contributed by atoms with Crippen molar-refractivity contribution in [1.29, 1.82) is 0 Å². The van der Waals surface area contributed by atoms with Crippen LogP contribution in [-0.2, 0) is 11.3 Å². The van der Waals surface area contributed by atoms with E-state index >= 15 is 0 Å². The third-order valence-electron chi connectivity index (χ3n) is 5.81. The molecule has 1 saturated heterocycles. The molecule has 37 heavy (non-hydrogen) atoms. The van der Waals surface area contributed by atoms with Gasteiger partial charge in [-0.15, -0.1) is 0 Å². The van der Waals surface area contributed by atoms with E-state index in [1.165, 1.54) is 28.9 Å². The molecular weight excluding hydrogens is 481 g/mol. The molecule has 0 spiro atoms. The summed E-state index contributed by atoms with van der Waals surface area (Å²) in [5.74, 6) is -0.0704. The van der Waals surface area contributed by atoms with Crippen molar-refractivity contribution in [3.8, 4) is 11.1 Å². The lowest BCUT2D eigenvalue weighted by Gasteiger charge is -2.13. The molecule has 186 valence electrons. The maximum absolute atomic E-state index is 14.1. The van der Waals surface area contributed by atoms with Gasteiger partial charge in [-0.2, -0.15) is 19.6 Å². The number of urea groups is 1. The minimum absolute atomic E-state index is 0.0832. The van der Waals surface area contributed by atoms with Crippen LogP contribution in [0.15, 0.2) is 42.5 Å². The fourth-order valence-electron chi connectivity index (χ4n) is 3.86. The summed E-state index contributed by atoms with van der Waals surface area (Å²) in [6.07, 6.45) is 8.19. The maximum Gasteiger partial charge on any atom is 0.326 e. The van der Waals surface area contributed by atoms with Crippen molar-refractivity contribution in [2.45, 2.75) is 25.4 Å². The lowest BCUT2D eigenvalue weighted by molar-refractivity contribution is -0.115. The second kappa shape index (κ2) is 8.82. The summed E-state index contributed by atoms with van der Waals surface area (Å²) in [6.45, 7) is 0.194. The molecule has 6 rings (SSSR count). The molecule has 0 bridgehead atoms. The van der Waals surface area contributed by atoms with Gasteiger partial charge in [-0.05, 0) is 42.2 Å². The largest absolute Gasteiger partial charge is 0.368 e. The Morgan fingerprint density at radius 1 is 1.14 bits per heavy atom. The predicted molar refractivity (Wildman–Crippen MR) is 131 cm³/mol. The van der Waals surface area contributed by atoms with E-state index in [-0.39, 0.29) is 30.2 Å². The number of nitrogens with one attached hydrogen (secondary N) is 4.